The highest BCUT2D eigenvalue weighted by molar-refractivity contribution is 6.15. The molecule has 78 heavy (non-hydrogen) atoms. The predicted molar refractivity (Wildman–Crippen MR) is 329 cm³/mol. The quantitative estimate of drug-likeness (QED) is 0.145. The number of nitrogens with zero attached hydrogens (tertiary/aromatic N) is 2. The van der Waals surface area contributed by atoms with Gasteiger partial charge in [0.2, 0.25) is 0 Å². The van der Waals surface area contributed by atoms with Crippen LogP contribution in [-0.2, 0) is 6.42 Å². The maximum absolute atomic E-state index is 2.66. The maximum atomic E-state index is 2.66. The standard InChI is InChI=1S/C76H52N2/c1-5-19-49(20-6-1)65-45-55-34-33-51(41-67(55)62-30-16-15-29-61(62)65)52-36-40-75-71(42-52)72-48-57(53-37-39-74-70(43-53)64-31-17-18-32-73(64)77(74)58-24-9-3-10-25-58)47-68(76(72)78(75)59-26-11-4-12-27-59)56-35-38-63-66(50-21-7-2-8-22-50)44-54-23-13-14-28-60(54)69(63)46-56/h1-39,41-43,45-48,66,75H,40,44H2. The molecule has 1 aromatic heterocycles. The topological polar surface area (TPSA) is 8.17 Å². The Morgan fingerprint density at radius 1 is 0.359 bits per heavy atom. The Morgan fingerprint density at radius 3 is 1.81 bits per heavy atom. The van der Waals surface area contributed by atoms with Gasteiger partial charge in [0.05, 0.1) is 22.8 Å². The summed E-state index contributed by atoms with van der Waals surface area (Å²) < 4.78 is 2.41. The minimum absolute atomic E-state index is 0.0991. The van der Waals surface area contributed by atoms with Gasteiger partial charge >= 0.3 is 0 Å². The molecule has 0 radical (unpaired) electrons. The number of allylic oxidation sites excluding steroid dienone is 2. The Balaban J connectivity index is 0.921. The first kappa shape index (κ1) is 44.5. The minimum Gasteiger partial charge on any atom is -0.333 e. The number of hydrogen-bond acceptors (Lipinski definition) is 1. The summed E-state index contributed by atoms with van der Waals surface area (Å²) in [7, 11) is 0. The first-order chi connectivity index (χ1) is 38.7. The van der Waals surface area contributed by atoms with Gasteiger partial charge in [-0.3, -0.25) is 0 Å². The SMILES string of the molecule is C1=C(c2ccc3cc(-c4ccccc4)c4ccccc4c3c2)C=C2c3cc(-c4ccc5c(c4)c4ccccc4n5-c4ccccc4)cc(-c4ccc5c(c4)-c4ccccc4CC5c4ccccc4)c3N(c3ccccc3)C2C1. The Hall–Kier alpha value is -9.76. The van der Waals surface area contributed by atoms with Crippen LogP contribution in [0.5, 0.6) is 0 Å². The van der Waals surface area contributed by atoms with Crippen LogP contribution in [0, 0.1) is 0 Å². The van der Waals surface area contributed by atoms with Crippen molar-refractivity contribution in [2.75, 3.05) is 4.90 Å². The number of anilines is 2. The lowest BCUT2D eigenvalue weighted by Crippen LogP contribution is -2.27. The molecule has 366 valence electrons. The summed E-state index contributed by atoms with van der Waals surface area (Å²) in [5.41, 5.74) is 25.4. The third-order valence-electron chi connectivity index (χ3n) is 17.2. The fourth-order valence-electron chi connectivity index (χ4n) is 13.6. The zero-order chi connectivity index (χ0) is 51.3. The summed E-state index contributed by atoms with van der Waals surface area (Å²) in [5.74, 6) is 0.268. The monoisotopic (exact) mass is 992 g/mol. The van der Waals surface area contributed by atoms with Gasteiger partial charge in [-0.25, -0.2) is 0 Å². The highest BCUT2D eigenvalue weighted by Crippen LogP contribution is 2.55. The van der Waals surface area contributed by atoms with Crippen LogP contribution >= 0.6 is 0 Å². The third-order valence-corrected chi connectivity index (χ3v) is 17.2. The van der Waals surface area contributed by atoms with Crippen molar-refractivity contribution in [3.63, 3.8) is 0 Å². The van der Waals surface area contributed by atoms with Crippen molar-refractivity contribution in [1.82, 2.24) is 4.57 Å². The van der Waals surface area contributed by atoms with Gasteiger partial charge in [0.1, 0.15) is 0 Å². The minimum atomic E-state index is 0.0991. The Labute approximate surface area is 454 Å². The van der Waals surface area contributed by atoms with Gasteiger partial charge in [-0.2, -0.15) is 0 Å². The number of para-hydroxylation sites is 3. The van der Waals surface area contributed by atoms with Gasteiger partial charge in [-0.15, -0.1) is 0 Å². The van der Waals surface area contributed by atoms with E-state index in [1.807, 2.05) is 0 Å². The van der Waals surface area contributed by atoms with Gasteiger partial charge in [-0.1, -0.05) is 200 Å². The van der Waals surface area contributed by atoms with Crippen molar-refractivity contribution in [2.24, 2.45) is 0 Å². The molecule has 2 atom stereocenters. The van der Waals surface area contributed by atoms with E-state index in [0.717, 1.165) is 18.5 Å². The second-order valence-corrected chi connectivity index (χ2v) is 21.5. The van der Waals surface area contributed by atoms with Crippen LogP contribution in [0.25, 0.3) is 105 Å². The van der Waals surface area contributed by atoms with Crippen molar-refractivity contribution in [3.8, 4) is 50.2 Å². The lowest BCUT2D eigenvalue weighted by molar-refractivity contribution is 0.794. The van der Waals surface area contributed by atoms with E-state index in [0.29, 0.717) is 0 Å². The maximum Gasteiger partial charge on any atom is 0.0633 e. The molecule has 0 fully saturated rings. The largest absolute Gasteiger partial charge is 0.333 e. The molecule has 13 aromatic rings. The normalized spacial score (nSPS) is 15.5. The Morgan fingerprint density at radius 2 is 0.987 bits per heavy atom. The fourth-order valence-corrected chi connectivity index (χ4v) is 13.6. The molecule has 2 heteroatoms. The van der Waals surface area contributed by atoms with Crippen LogP contribution < -0.4 is 4.90 Å². The van der Waals surface area contributed by atoms with Crippen molar-refractivity contribution in [2.45, 2.75) is 24.8 Å². The molecule has 12 aromatic carbocycles. The Kier molecular flexibility index (Phi) is 10.2. The molecule has 16 rings (SSSR count). The van der Waals surface area contributed by atoms with Crippen molar-refractivity contribution >= 4 is 65.9 Å². The molecule has 1 aliphatic heterocycles. The van der Waals surface area contributed by atoms with Crippen molar-refractivity contribution < 1.29 is 0 Å². The van der Waals surface area contributed by atoms with Gasteiger partial charge < -0.3 is 9.47 Å². The van der Waals surface area contributed by atoms with Gasteiger partial charge in [0, 0.05) is 39.2 Å². The number of rotatable bonds is 7. The number of aromatic nitrogens is 1. The summed E-state index contributed by atoms with van der Waals surface area (Å²) in [6.45, 7) is 0. The summed E-state index contributed by atoms with van der Waals surface area (Å²) in [6.07, 6.45) is 6.87. The smallest absolute Gasteiger partial charge is 0.0633 e. The molecule has 0 saturated heterocycles. The number of fused-ring (bicyclic) bond motifs is 12. The first-order valence-electron chi connectivity index (χ1n) is 27.5. The molecule has 3 aliphatic rings. The highest BCUT2D eigenvalue weighted by atomic mass is 15.2. The fraction of sp³-hybridized carbons (Fsp3) is 0.0526. The zero-order valence-corrected chi connectivity index (χ0v) is 43.0. The van der Waals surface area contributed by atoms with Gasteiger partial charge in [-0.05, 0) is 186 Å². The van der Waals surface area contributed by atoms with Crippen LogP contribution in [0.1, 0.15) is 40.2 Å². The van der Waals surface area contributed by atoms with Crippen LogP contribution in [-0.4, -0.2) is 10.6 Å². The van der Waals surface area contributed by atoms with Crippen LogP contribution in [0.3, 0.4) is 0 Å². The lowest BCUT2D eigenvalue weighted by atomic mass is 9.75. The van der Waals surface area contributed by atoms with E-state index >= 15 is 0 Å². The van der Waals surface area contributed by atoms with E-state index < -0.39 is 0 Å². The Bertz CT molecular complexity index is 4600. The number of hydrogen-bond donors (Lipinski definition) is 0. The van der Waals surface area contributed by atoms with E-state index in [1.54, 1.807) is 0 Å². The third kappa shape index (κ3) is 7.10. The molecule has 2 unspecified atom stereocenters. The molecule has 2 nitrogen and oxygen atoms in total. The molecule has 0 N–H and O–H groups in total. The van der Waals surface area contributed by atoms with Crippen LogP contribution in [0.4, 0.5) is 11.4 Å². The first-order valence-corrected chi connectivity index (χ1v) is 27.5. The summed E-state index contributed by atoms with van der Waals surface area (Å²) in [6, 6.07) is 99.9. The van der Waals surface area contributed by atoms with Crippen LogP contribution in [0.2, 0.25) is 0 Å². The predicted octanol–water partition coefficient (Wildman–Crippen LogP) is 19.8. The molecular weight excluding hydrogens is 941 g/mol. The van der Waals surface area contributed by atoms with E-state index in [2.05, 4.69) is 289 Å². The van der Waals surface area contributed by atoms with Crippen molar-refractivity contribution in [3.05, 3.63) is 307 Å². The van der Waals surface area contributed by atoms with E-state index in [4.69, 9.17) is 0 Å². The average molecular weight is 993 g/mol. The highest BCUT2D eigenvalue weighted by Gasteiger charge is 2.39. The molecule has 2 heterocycles. The lowest BCUT2D eigenvalue weighted by Gasteiger charge is -2.31. The molecule has 0 amide bonds. The molecule has 0 bridgehead atoms. The van der Waals surface area contributed by atoms with Gasteiger partial charge in [0.25, 0.3) is 0 Å². The summed E-state index contributed by atoms with van der Waals surface area (Å²) in [4.78, 5) is 2.66. The average Bonchev–Trinajstić information content (AvgIpc) is 4.23. The second-order valence-electron chi connectivity index (χ2n) is 21.5. The number of benzene rings is 12. The van der Waals surface area contributed by atoms with Gasteiger partial charge in [0.15, 0.2) is 0 Å². The molecule has 2 aliphatic carbocycles. The molecular formula is C76H52N2. The zero-order valence-electron chi connectivity index (χ0n) is 43.0. The van der Waals surface area contributed by atoms with E-state index in [1.165, 1.54) is 138 Å². The molecule has 0 spiro atoms. The van der Waals surface area contributed by atoms with E-state index in [-0.39, 0.29) is 12.0 Å². The summed E-state index contributed by atoms with van der Waals surface area (Å²) >= 11 is 0. The van der Waals surface area contributed by atoms with Crippen LogP contribution in [0.15, 0.2) is 279 Å². The van der Waals surface area contributed by atoms with Crippen molar-refractivity contribution in [1.29, 1.82) is 0 Å². The molecule has 0 saturated carbocycles. The van der Waals surface area contributed by atoms with E-state index in [9.17, 15) is 0 Å². The summed E-state index contributed by atoms with van der Waals surface area (Å²) in [5, 5.41) is 7.58. The second kappa shape index (κ2) is 17.9.